The monoisotopic (exact) mass is 301 g/mol. The van der Waals surface area contributed by atoms with E-state index in [1.165, 1.54) is 25.7 Å². The van der Waals surface area contributed by atoms with E-state index in [2.05, 4.69) is 42.0 Å². The van der Waals surface area contributed by atoms with Crippen molar-refractivity contribution in [1.82, 2.24) is 5.32 Å². The molecule has 2 saturated carbocycles. The summed E-state index contributed by atoms with van der Waals surface area (Å²) in [4.78, 5) is 12.4. The summed E-state index contributed by atoms with van der Waals surface area (Å²) < 4.78 is 0. The SMILES string of the molecule is CC(Br)C(C)(C)NC(=O)CC1CC2CCC1C2. The Labute approximate surface area is 113 Å². The van der Waals surface area contributed by atoms with Gasteiger partial charge >= 0.3 is 0 Å². The zero-order valence-electron chi connectivity index (χ0n) is 11.1. The maximum atomic E-state index is 12.1. The van der Waals surface area contributed by atoms with Gasteiger partial charge in [0.05, 0.1) is 0 Å². The van der Waals surface area contributed by atoms with Crippen LogP contribution in [0.2, 0.25) is 0 Å². The molecule has 2 nitrogen and oxygen atoms in total. The number of rotatable bonds is 4. The summed E-state index contributed by atoms with van der Waals surface area (Å²) in [5.41, 5.74) is -0.158. The molecule has 98 valence electrons. The summed E-state index contributed by atoms with van der Waals surface area (Å²) in [5, 5.41) is 3.16. The van der Waals surface area contributed by atoms with E-state index in [0.29, 0.717) is 10.7 Å². The number of alkyl halides is 1. The molecular formula is C14H24BrNO. The van der Waals surface area contributed by atoms with Gasteiger partial charge in [0.15, 0.2) is 0 Å². The van der Waals surface area contributed by atoms with Gasteiger partial charge in [-0.2, -0.15) is 0 Å². The highest BCUT2D eigenvalue weighted by Crippen LogP contribution is 2.49. The second-order valence-corrected chi connectivity index (χ2v) is 7.90. The van der Waals surface area contributed by atoms with Gasteiger partial charge in [-0.05, 0) is 50.9 Å². The standard InChI is InChI=1S/C14H24BrNO/c1-9(15)14(2,3)16-13(17)8-12-7-10-4-5-11(12)6-10/h9-12H,4-8H2,1-3H3,(H,16,17). The first kappa shape index (κ1) is 13.4. The zero-order valence-corrected chi connectivity index (χ0v) is 12.7. The summed E-state index contributed by atoms with van der Waals surface area (Å²) >= 11 is 3.55. The molecule has 0 aliphatic heterocycles. The third-order valence-corrected chi connectivity index (χ3v) is 5.93. The second-order valence-electron chi connectivity index (χ2n) is 6.52. The lowest BCUT2D eigenvalue weighted by atomic mass is 9.86. The van der Waals surface area contributed by atoms with Crippen LogP contribution in [0.3, 0.4) is 0 Å². The van der Waals surface area contributed by atoms with Gasteiger partial charge < -0.3 is 5.32 Å². The predicted octanol–water partition coefficient (Wildman–Crippen LogP) is 3.49. The van der Waals surface area contributed by atoms with E-state index in [0.717, 1.165) is 18.3 Å². The van der Waals surface area contributed by atoms with E-state index >= 15 is 0 Å². The van der Waals surface area contributed by atoms with Crippen LogP contribution in [0.15, 0.2) is 0 Å². The fourth-order valence-corrected chi connectivity index (χ4v) is 3.49. The minimum Gasteiger partial charge on any atom is -0.350 e. The minimum absolute atomic E-state index is 0.158. The van der Waals surface area contributed by atoms with Crippen molar-refractivity contribution in [2.45, 2.75) is 63.2 Å². The van der Waals surface area contributed by atoms with Crippen molar-refractivity contribution in [3.63, 3.8) is 0 Å². The smallest absolute Gasteiger partial charge is 0.220 e. The second kappa shape index (κ2) is 4.91. The first-order chi connectivity index (χ1) is 7.88. The summed E-state index contributed by atoms with van der Waals surface area (Å²) in [6.45, 7) is 6.23. The molecule has 0 aromatic rings. The van der Waals surface area contributed by atoms with Crippen LogP contribution in [-0.2, 0) is 4.79 Å². The fraction of sp³-hybridized carbons (Fsp3) is 0.929. The van der Waals surface area contributed by atoms with Crippen LogP contribution >= 0.6 is 15.9 Å². The Morgan fingerprint density at radius 2 is 2.12 bits per heavy atom. The Hall–Kier alpha value is -0.0500. The van der Waals surface area contributed by atoms with Crippen LogP contribution in [0.5, 0.6) is 0 Å². The van der Waals surface area contributed by atoms with Gasteiger partial charge in [-0.15, -0.1) is 0 Å². The van der Waals surface area contributed by atoms with E-state index in [9.17, 15) is 4.79 Å². The normalized spacial score (nSPS) is 33.8. The Balaban J connectivity index is 1.82. The predicted molar refractivity (Wildman–Crippen MR) is 74.2 cm³/mol. The Kier molecular flexibility index (Phi) is 3.86. The van der Waals surface area contributed by atoms with Crippen molar-refractivity contribution in [2.24, 2.45) is 17.8 Å². The maximum absolute atomic E-state index is 12.1. The highest BCUT2D eigenvalue weighted by molar-refractivity contribution is 9.09. The molecule has 0 radical (unpaired) electrons. The Morgan fingerprint density at radius 3 is 2.59 bits per heavy atom. The van der Waals surface area contributed by atoms with Crippen molar-refractivity contribution in [3.05, 3.63) is 0 Å². The lowest BCUT2D eigenvalue weighted by Crippen LogP contribution is -2.49. The lowest BCUT2D eigenvalue weighted by molar-refractivity contribution is -0.123. The minimum atomic E-state index is -0.158. The molecule has 3 heteroatoms. The van der Waals surface area contributed by atoms with Crippen molar-refractivity contribution in [3.8, 4) is 0 Å². The Bertz CT molecular complexity index is 301. The van der Waals surface area contributed by atoms with Crippen molar-refractivity contribution in [1.29, 1.82) is 0 Å². The van der Waals surface area contributed by atoms with Crippen LogP contribution in [0.25, 0.3) is 0 Å². The number of carbonyl (C=O) groups is 1. The summed E-state index contributed by atoms with van der Waals surface area (Å²) in [5.74, 6) is 2.67. The number of halogens is 1. The number of nitrogens with one attached hydrogen (secondary N) is 1. The average Bonchev–Trinajstić information content (AvgIpc) is 2.77. The summed E-state index contributed by atoms with van der Waals surface area (Å²) in [6.07, 6.45) is 6.19. The molecule has 0 saturated heterocycles. The van der Waals surface area contributed by atoms with Gasteiger partial charge in [0.2, 0.25) is 5.91 Å². The van der Waals surface area contributed by atoms with Crippen LogP contribution in [-0.4, -0.2) is 16.3 Å². The number of carbonyl (C=O) groups excluding carboxylic acids is 1. The molecule has 2 aliphatic carbocycles. The van der Waals surface area contributed by atoms with E-state index in [1.54, 1.807) is 0 Å². The lowest BCUT2D eigenvalue weighted by Gasteiger charge is -2.30. The highest BCUT2D eigenvalue weighted by Gasteiger charge is 2.40. The number of hydrogen-bond donors (Lipinski definition) is 1. The molecule has 0 heterocycles. The Morgan fingerprint density at radius 1 is 1.41 bits per heavy atom. The molecule has 1 amide bonds. The molecule has 2 fully saturated rings. The first-order valence-electron chi connectivity index (χ1n) is 6.83. The maximum Gasteiger partial charge on any atom is 0.220 e. The third kappa shape index (κ3) is 3.04. The van der Waals surface area contributed by atoms with Crippen molar-refractivity contribution >= 4 is 21.8 Å². The third-order valence-electron chi connectivity index (χ3n) is 4.79. The molecule has 1 N–H and O–H groups in total. The molecule has 17 heavy (non-hydrogen) atoms. The number of fused-ring (bicyclic) bond motifs is 2. The quantitative estimate of drug-likeness (QED) is 0.791. The van der Waals surface area contributed by atoms with Gasteiger partial charge in [0, 0.05) is 16.8 Å². The van der Waals surface area contributed by atoms with Gasteiger partial charge in [-0.1, -0.05) is 29.3 Å². The molecule has 4 unspecified atom stereocenters. The summed E-state index contributed by atoms with van der Waals surface area (Å²) in [7, 11) is 0. The summed E-state index contributed by atoms with van der Waals surface area (Å²) in [6, 6.07) is 0. The first-order valence-corrected chi connectivity index (χ1v) is 7.75. The van der Waals surface area contributed by atoms with Gasteiger partial charge in [0.25, 0.3) is 0 Å². The molecular weight excluding hydrogens is 278 g/mol. The highest BCUT2D eigenvalue weighted by atomic mass is 79.9. The van der Waals surface area contributed by atoms with E-state index in [-0.39, 0.29) is 11.4 Å². The van der Waals surface area contributed by atoms with Crippen molar-refractivity contribution < 1.29 is 4.79 Å². The van der Waals surface area contributed by atoms with E-state index in [4.69, 9.17) is 0 Å². The molecule has 0 aromatic carbocycles. The molecule has 4 atom stereocenters. The van der Waals surface area contributed by atoms with E-state index in [1.807, 2.05) is 0 Å². The van der Waals surface area contributed by atoms with Crippen LogP contribution in [0, 0.1) is 17.8 Å². The van der Waals surface area contributed by atoms with E-state index < -0.39 is 0 Å². The van der Waals surface area contributed by atoms with Crippen LogP contribution in [0.1, 0.15) is 52.9 Å². The number of amides is 1. The molecule has 2 rings (SSSR count). The van der Waals surface area contributed by atoms with Crippen LogP contribution < -0.4 is 5.32 Å². The molecule has 2 bridgehead atoms. The molecule has 0 spiro atoms. The zero-order chi connectivity index (χ0) is 12.6. The fourth-order valence-electron chi connectivity index (χ4n) is 3.37. The van der Waals surface area contributed by atoms with Gasteiger partial charge in [-0.3, -0.25) is 4.79 Å². The van der Waals surface area contributed by atoms with Crippen LogP contribution in [0.4, 0.5) is 0 Å². The van der Waals surface area contributed by atoms with Crippen molar-refractivity contribution in [2.75, 3.05) is 0 Å². The molecule has 2 aliphatic rings. The molecule has 0 aromatic heterocycles. The van der Waals surface area contributed by atoms with Gasteiger partial charge in [-0.25, -0.2) is 0 Å². The average molecular weight is 302 g/mol. The number of hydrogen-bond acceptors (Lipinski definition) is 1. The topological polar surface area (TPSA) is 29.1 Å². The largest absolute Gasteiger partial charge is 0.350 e. The van der Waals surface area contributed by atoms with Gasteiger partial charge in [0.1, 0.15) is 0 Å².